The maximum atomic E-state index is 2.57. The summed E-state index contributed by atoms with van der Waals surface area (Å²) in [7, 11) is 0. The molecule has 0 aliphatic heterocycles. The predicted octanol–water partition coefficient (Wildman–Crippen LogP) is 22.5. The summed E-state index contributed by atoms with van der Waals surface area (Å²) in [5.74, 6) is 2.54. The molecule has 0 heteroatoms. The summed E-state index contributed by atoms with van der Waals surface area (Å²) in [5, 5.41) is 0. The quantitative estimate of drug-likeness (QED) is 0.146. The Bertz CT molecular complexity index is 3140. The van der Waals surface area contributed by atoms with Gasteiger partial charge in [0.2, 0.25) is 0 Å². The molecule has 8 aliphatic rings. The predicted molar refractivity (Wildman–Crippen MR) is 349 cm³/mol. The fraction of sp³-hybridized carbons (Fsp3) is 0.400. The van der Waals surface area contributed by atoms with Crippen molar-refractivity contribution in [1.82, 2.24) is 0 Å². The van der Waals surface area contributed by atoms with Crippen molar-refractivity contribution in [3.8, 4) is 44.5 Å². The minimum Gasteiger partial charge on any atom is -0.0574 e. The molecule has 8 aliphatic carbocycles. The van der Waals surface area contributed by atoms with Crippen LogP contribution < -0.4 is 0 Å². The fourth-order valence-electron chi connectivity index (χ4n) is 12.5. The number of rotatable bonds is 6. The Labute approximate surface area is 486 Å². The van der Waals surface area contributed by atoms with Crippen LogP contribution >= 0.6 is 0 Å². The zero-order chi connectivity index (χ0) is 58.8. The smallest absolute Gasteiger partial charge is 0.0574 e. The van der Waals surface area contributed by atoms with Gasteiger partial charge in [-0.15, -0.1) is 0 Å². The molecule has 0 atom stereocenters. The Balaban J connectivity index is 1.45. The molecule has 0 fully saturated rings. The van der Waals surface area contributed by atoms with Crippen molar-refractivity contribution in [2.75, 3.05) is 0 Å². The van der Waals surface area contributed by atoms with Gasteiger partial charge in [-0.05, 0) is 179 Å². The van der Waals surface area contributed by atoms with Crippen LogP contribution in [-0.4, -0.2) is 0 Å². The highest BCUT2D eigenvalue weighted by Crippen LogP contribution is 2.54. The van der Waals surface area contributed by atoms with Crippen molar-refractivity contribution in [2.45, 2.75) is 209 Å². The normalized spacial score (nSPS) is 13.5. The third-order valence-electron chi connectivity index (χ3n) is 17.3. The first kappa shape index (κ1) is 58.4. The third kappa shape index (κ3) is 11.1. The van der Waals surface area contributed by atoms with E-state index in [0.717, 1.165) is 0 Å². The van der Waals surface area contributed by atoms with Crippen LogP contribution in [0.5, 0.6) is 0 Å². The van der Waals surface area contributed by atoms with Crippen molar-refractivity contribution in [3.63, 3.8) is 0 Å². The summed E-state index contributed by atoms with van der Waals surface area (Å²) in [5.41, 5.74) is 28.3. The first-order valence-corrected chi connectivity index (χ1v) is 29.9. The minimum atomic E-state index is -0.113. The average Bonchev–Trinajstić information content (AvgIpc) is 3.83. The van der Waals surface area contributed by atoms with Crippen LogP contribution in [0.15, 0.2) is 146 Å². The molecule has 0 nitrogen and oxygen atoms in total. The van der Waals surface area contributed by atoms with Gasteiger partial charge in [0.1, 0.15) is 0 Å². The molecule has 0 heterocycles. The molecule has 0 saturated heterocycles. The lowest BCUT2D eigenvalue weighted by atomic mass is 9.79. The monoisotopic (exact) mass is 1060 g/mol. The Morgan fingerprint density at radius 2 is 0.388 bits per heavy atom. The molecule has 80 heavy (non-hydrogen) atoms. The second kappa shape index (κ2) is 19.7. The molecule has 414 valence electrons. The molecular weight excluding hydrogens is 961 g/mol. The van der Waals surface area contributed by atoms with Gasteiger partial charge in [0.25, 0.3) is 0 Å². The lowest BCUT2D eigenvalue weighted by molar-refractivity contribution is 0.590. The van der Waals surface area contributed by atoms with Crippen LogP contribution in [0.3, 0.4) is 0 Å². The van der Waals surface area contributed by atoms with E-state index in [1.54, 1.807) is 0 Å². The number of benzene rings is 1. The van der Waals surface area contributed by atoms with Crippen molar-refractivity contribution in [2.24, 2.45) is 0 Å². The van der Waals surface area contributed by atoms with E-state index in [9.17, 15) is 0 Å². The lowest BCUT2D eigenvalue weighted by Gasteiger charge is -2.19. The van der Waals surface area contributed by atoms with Crippen LogP contribution in [0.4, 0.5) is 0 Å². The van der Waals surface area contributed by atoms with E-state index < -0.39 is 0 Å². The highest BCUT2D eigenvalue weighted by molar-refractivity contribution is 5.90. The summed E-state index contributed by atoms with van der Waals surface area (Å²) in [4.78, 5) is 0. The van der Waals surface area contributed by atoms with Crippen LogP contribution in [-0.2, 0) is 43.3 Å². The van der Waals surface area contributed by atoms with E-state index in [-0.39, 0.29) is 43.3 Å². The molecule has 1 aromatic rings. The molecule has 0 N–H and O–H groups in total. The topological polar surface area (TPSA) is 0 Å². The maximum Gasteiger partial charge on any atom is 0.0645 e. The van der Waals surface area contributed by atoms with Crippen molar-refractivity contribution in [1.29, 1.82) is 0 Å². The van der Waals surface area contributed by atoms with Crippen LogP contribution in [0, 0.1) is 11.8 Å². The molecule has 1 aromatic carbocycles. The van der Waals surface area contributed by atoms with E-state index in [0.29, 0.717) is 0 Å². The summed E-state index contributed by atoms with van der Waals surface area (Å²) in [6, 6.07) is 58.6. The maximum absolute atomic E-state index is 2.57. The van der Waals surface area contributed by atoms with Gasteiger partial charge in [0.15, 0.2) is 0 Å². The van der Waals surface area contributed by atoms with Crippen LogP contribution in [0.25, 0.3) is 44.5 Å². The second-order valence-electron chi connectivity index (χ2n) is 32.0. The number of fused-ring (bicyclic) bond motifs is 4. The van der Waals surface area contributed by atoms with Gasteiger partial charge in [0, 0.05) is 50.6 Å². The molecule has 0 aromatic heterocycles. The standard InChI is InChI=1S/C80H96/c1-73(2,3)51-28-36-55-59(40-32-51)67(77(13,14)15)45-63(55)71(64-46-68(78(16,17)18)60-41-33-52(74(4,5)6)29-37-56(60)64)49-26-25-27-50(44-49)72(65-47-69(79(19,20)21)61-42-34-53(75(7,8)9)30-38-57(61)65)66-48-70(80(22,23)24)62-43-35-54(76(10,11)12)31-39-58(62)66/h25-48H,1-24H3/q+2. The average molecular weight is 1060 g/mol. The fourth-order valence-corrected chi connectivity index (χ4v) is 12.5. The Morgan fingerprint density at radius 1 is 0.200 bits per heavy atom. The van der Waals surface area contributed by atoms with E-state index >= 15 is 0 Å². The van der Waals surface area contributed by atoms with E-state index in [2.05, 4.69) is 312 Å². The van der Waals surface area contributed by atoms with Gasteiger partial charge in [-0.1, -0.05) is 215 Å². The second-order valence-corrected chi connectivity index (χ2v) is 32.0. The number of hydrogen-bond donors (Lipinski definition) is 0. The van der Waals surface area contributed by atoms with E-state index in [1.165, 1.54) is 134 Å². The first-order chi connectivity index (χ1) is 36.7. The largest absolute Gasteiger partial charge is 0.0645 e. The molecule has 0 amide bonds. The zero-order valence-electron chi connectivity index (χ0n) is 53.9. The molecule has 0 saturated carbocycles. The third-order valence-corrected chi connectivity index (χ3v) is 17.3. The lowest BCUT2D eigenvalue weighted by Crippen LogP contribution is -2.11. The van der Waals surface area contributed by atoms with Crippen molar-refractivity contribution in [3.05, 3.63) is 235 Å². The summed E-state index contributed by atoms with van der Waals surface area (Å²) in [6.07, 6.45) is 0. The van der Waals surface area contributed by atoms with Gasteiger partial charge in [0.05, 0.1) is 45.2 Å². The first-order valence-electron chi connectivity index (χ1n) is 29.9. The molecule has 9 rings (SSSR count). The van der Waals surface area contributed by atoms with Gasteiger partial charge in [-0.25, -0.2) is 0 Å². The van der Waals surface area contributed by atoms with Gasteiger partial charge in [-0.3, -0.25) is 0 Å². The van der Waals surface area contributed by atoms with Gasteiger partial charge < -0.3 is 0 Å². The van der Waals surface area contributed by atoms with Gasteiger partial charge in [-0.2, -0.15) is 0 Å². The van der Waals surface area contributed by atoms with Crippen molar-refractivity contribution < 1.29 is 0 Å². The van der Waals surface area contributed by atoms with E-state index in [4.69, 9.17) is 0 Å². The van der Waals surface area contributed by atoms with Crippen LogP contribution in [0.2, 0.25) is 0 Å². The van der Waals surface area contributed by atoms with Gasteiger partial charge >= 0.3 is 0 Å². The zero-order valence-corrected chi connectivity index (χ0v) is 53.9. The summed E-state index contributed by atoms with van der Waals surface area (Å²) < 4.78 is 0. The summed E-state index contributed by atoms with van der Waals surface area (Å²) in [6.45, 7) is 56.6. The molecule has 0 unspecified atom stereocenters. The SMILES string of the molecule is CC(C)(C)c1ccc2c([C+](c3cccc([C+](c4cc(C(C)(C)C)c5ccc(C(C)(C)C)ccc4-5)c4cc(C(C)(C)C)c5ccc(C(C)(C)C)ccc4-5)c3)c3cc(C(C)(C)C)c4ccc(C(C)(C)C)ccc3-4)cc(C(C)(C)C)c-2cc1. The Morgan fingerprint density at radius 3 is 0.562 bits per heavy atom. The minimum absolute atomic E-state index is 0.0129. The highest BCUT2D eigenvalue weighted by atomic mass is 14.4. The summed E-state index contributed by atoms with van der Waals surface area (Å²) >= 11 is 0. The van der Waals surface area contributed by atoms with Crippen molar-refractivity contribution >= 4 is 0 Å². The van der Waals surface area contributed by atoms with E-state index in [1.807, 2.05) is 0 Å². The number of hydrogen-bond acceptors (Lipinski definition) is 0. The molecule has 0 spiro atoms. The highest BCUT2D eigenvalue weighted by Gasteiger charge is 2.42. The molecule has 0 bridgehead atoms. The van der Waals surface area contributed by atoms with Crippen LogP contribution in [0.1, 0.15) is 244 Å². The Kier molecular flexibility index (Phi) is 14.4. The molecule has 0 radical (unpaired) electrons. The Hall–Kier alpha value is -6.24. The molecular formula is C80H96+2.